The molecule has 7 rings (SSSR count). The zero-order valence-electron chi connectivity index (χ0n) is 28.7. The lowest BCUT2D eigenvalue weighted by Gasteiger charge is -2.30. The van der Waals surface area contributed by atoms with E-state index in [4.69, 9.17) is 9.47 Å². The quantitative estimate of drug-likeness (QED) is 0.177. The van der Waals surface area contributed by atoms with Crippen molar-refractivity contribution >= 4 is 10.8 Å². The Kier molecular flexibility index (Phi) is 12.0. The molecule has 0 spiro atoms. The Morgan fingerprint density at radius 2 is 1.12 bits per heavy atom. The van der Waals surface area contributed by atoms with E-state index >= 15 is 0 Å². The maximum Gasteiger partial charge on any atom is 0.122 e. The summed E-state index contributed by atoms with van der Waals surface area (Å²) in [6, 6.07) is 38.7. The van der Waals surface area contributed by atoms with E-state index in [0.717, 1.165) is 43.6 Å². The summed E-state index contributed by atoms with van der Waals surface area (Å²) in [5.41, 5.74) is 9.70. The van der Waals surface area contributed by atoms with Crippen LogP contribution in [0, 0.1) is 6.92 Å². The van der Waals surface area contributed by atoms with Gasteiger partial charge in [-0.15, -0.1) is 0 Å². The van der Waals surface area contributed by atoms with Gasteiger partial charge in [-0.3, -0.25) is 0 Å². The highest BCUT2D eigenvalue weighted by atomic mass is 16.5. The Balaban J connectivity index is 0.000000186. The van der Waals surface area contributed by atoms with Crippen LogP contribution in [0.2, 0.25) is 0 Å². The molecule has 0 amide bonds. The van der Waals surface area contributed by atoms with Crippen LogP contribution in [-0.2, 0) is 25.7 Å². The first-order valence-corrected chi connectivity index (χ1v) is 17.3. The van der Waals surface area contributed by atoms with Gasteiger partial charge in [0.15, 0.2) is 0 Å². The third-order valence-electron chi connectivity index (χ3n) is 10.2. The smallest absolute Gasteiger partial charge is 0.122 e. The number of fused-ring (bicyclic) bond motifs is 3. The zero-order valence-corrected chi connectivity index (χ0v) is 28.7. The number of methoxy groups -OCH3 is 2. The van der Waals surface area contributed by atoms with Crippen LogP contribution in [0.3, 0.4) is 0 Å². The molecule has 48 heavy (non-hydrogen) atoms. The van der Waals surface area contributed by atoms with Gasteiger partial charge in [0, 0.05) is 24.2 Å². The van der Waals surface area contributed by atoms with Crippen LogP contribution in [0.1, 0.15) is 85.1 Å². The minimum atomic E-state index is 0. The van der Waals surface area contributed by atoms with Crippen molar-refractivity contribution in [3.05, 3.63) is 142 Å². The molecule has 0 unspecified atom stereocenters. The van der Waals surface area contributed by atoms with Crippen molar-refractivity contribution in [2.24, 2.45) is 0 Å². The lowest BCUT2D eigenvalue weighted by molar-refractivity contribution is 0.386. The third kappa shape index (κ3) is 8.11. The van der Waals surface area contributed by atoms with Gasteiger partial charge in [-0.25, -0.2) is 0 Å². The highest BCUT2D eigenvalue weighted by molar-refractivity contribution is 5.86. The fourth-order valence-corrected chi connectivity index (χ4v) is 7.59. The molecule has 252 valence electrons. The van der Waals surface area contributed by atoms with Gasteiger partial charge in [0.1, 0.15) is 11.5 Å². The van der Waals surface area contributed by atoms with Crippen LogP contribution >= 0.6 is 0 Å². The molecule has 2 aliphatic carbocycles. The molecule has 4 atom stereocenters. The van der Waals surface area contributed by atoms with Crippen molar-refractivity contribution in [2.45, 2.75) is 90.9 Å². The van der Waals surface area contributed by atoms with Crippen molar-refractivity contribution < 1.29 is 9.47 Å². The number of rotatable bonds is 8. The fourth-order valence-electron chi connectivity index (χ4n) is 7.59. The minimum Gasteiger partial charge on any atom is -0.496 e. The molecule has 2 N–H and O–H groups in total. The zero-order chi connectivity index (χ0) is 32.8. The molecule has 0 heterocycles. The lowest BCUT2D eigenvalue weighted by atomic mass is 9.87. The molecular weight excluding hydrogens is 588 g/mol. The molecule has 0 radical (unpaired) electrons. The number of hydrogen-bond acceptors (Lipinski definition) is 4. The highest BCUT2D eigenvalue weighted by Crippen LogP contribution is 2.32. The predicted molar refractivity (Wildman–Crippen MR) is 203 cm³/mol. The van der Waals surface area contributed by atoms with Gasteiger partial charge in [0.2, 0.25) is 0 Å². The Morgan fingerprint density at radius 3 is 1.71 bits per heavy atom. The maximum absolute atomic E-state index is 5.53. The van der Waals surface area contributed by atoms with Crippen molar-refractivity contribution in [1.29, 1.82) is 0 Å². The molecule has 4 heteroatoms. The van der Waals surface area contributed by atoms with E-state index in [1.165, 1.54) is 56.1 Å². The number of aryl methyl sites for hydroxylation is 1. The second kappa shape index (κ2) is 16.3. The van der Waals surface area contributed by atoms with Crippen LogP contribution < -0.4 is 20.1 Å². The molecule has 5 aromatic rings. The molecule has 5 aromatic carbocycles. The van der Waals surface area contributed by atoms with Gasteiger partial charge in [0.25, 0.3) is 0 Å². The molecule has 0 fully saturated rings. The summed E-state index contributed by atoms with van der Waals surface area (Å²) in [5.74, 6) is 2.08. The second-order valence-corrected chi connectivity index (χ2v) is 13.3. The summed E-state index contributed by atoms with van der Waals surface area (Å²) >= 11 is 0. The summed E-state index contributed by atoms with van der Waals surface area (Å²) in [6.07, 6.45) is 6.66. The molecule has 0 bridgehead atoms. The third-order valence-corrected chi connectivity index (χ3v) is 10.2. The number of hydrogen-bond donors (Lipinski definition) is 2. The summed E-state index contributed by atoms with van der Waals surface area (Å²) in [5, 5.41) is 10.3. The van der Waals surface area contributed by atoms with Gasteiger partial charge < -0.3 is 20.1 Å². The van der Waals surface area contributed by atoms with Crippen LogP contribution in [0.15, 0.2) is 103 Å². The monoisotopic (exact) mass is 642 g/mol. The van der Waals surface area contributed by atoms with Gasteiger partial charge >= 0.3 is 0 Å². The van der Waals surface area contributed by atoms with Crippen LogP contribution in [0.25, 0.3) is 10.8 Å². The standard InChI is InChI=1S/C23H25NO.C20H25NO.CH4/c1-16(20-11-5-8-17-7-3-4-10-21(17)20)24-19-13-14-22-18(15-19)9-6-12-23(22)25-2;1-14-7-9-16(10-8-14)15(2)21-18-11-12-19-17(13-18)5-4-6-20(19)22-3;/h3-12,16,19,24H,13-15H2,1-2H3;4-10,15,18,21H,11-13H2,1-3H3;1H4/t16-,19+;15-,18+;/m11./s1. The van der Waals surface area contributed by atoms with Crippen LogP contribution in [0.4, 0.5) is 0 Å². The van der Waals surface area contributed by atoms with Crippen LogP contribution in [-0.4, -0.2) is 26.3 Å². The van der Waals surface area contributed by atoms with Gasteiger partial charge in [-0.2, -0.15) is 0 Å². The summed E-state index contributed by atoms with van der Waals surface area (Å²) in [6.45, 7) is 6.67. The van der Waals surface area contributed by atoms with Crippen molar-refractivity contribution in [3.8, 4) is 11.5 Å². The average Bonchev–Trinajstić information content (AvgIpc) is 3.11. The first-order valence-electron chi connectivity index (χ1n) is 17.3. The number of ether oxygens (including phenoxy) is 2. The lowest BCUT2D eigenvalue weighted by Crippen LogP contribution is -2.36. The Hall–Kier alpha value is -4.12. The van der Waals surface area contributed by atoms with E-state index < -0.39 is 0 Å². The predicted octanol–water partition coefficient (Wildman–Crippen LogP) is 9.90. The fraction of sp³-hybridized carbons (Fsp3) is 0.364. The average molecular weight is 643 g/mol. The van der Waals surface area contributed by atoms with Crippen LogP contribution in [0.5, 0.6) is 11.5 Å². The Bertz CT molecular complexity index is 1770. The molecule has 2 aliphatic rings. The Labute approximate surface area is 288 Å². The molecule has 0 aromatic heterocycles. The van der Waals surface area contributed by atoms with Crippen molar-refractivity contribution in [2.75, 3.05) is 14.2 Å². The van der Waals surface area contributed by atoms with E-state index in [-0.39, 0.29) is 7.43 Å². The van der Waals surface area contributed by atoms with E-state index in [1.54, 1.807) is 14.2 Å². The number of benzene rings is 5. The number of nitrogens with one attached hydrogen (secondary N) is 2. The normalized spacial score (nSPS) is 17.9. The van der Waals surface area contributed by atoms with Crippen molar-refractivity contribution in [1.82, 2.24) is 10.6 Å². The topological polar surface area (TPSA) is 42.5 Å². The van der Waals surface area contributed by atoms with Gasteiger partial charge in [-0.05, 0) is 116 Å². The molecular formula is C44H54N2O2. The van der Waals surface area contributed by atoms with Crippen molar-refractivity contribution in [3.63, 3.8) is 0 Å². The van der Waals surface area contributed by atoms with E-state index in [0.29, 0.717) is 24.2 Å². The SMILES string of the molecule is C.COc1cccc2c1CC[C@H](N[C@H](C)c1ccc(C)cc1)C2.COc1cccc2c1CC[C@H](N[C@H](C)c1cccc3ccccc13)C2. The van der Waals surface area contributed by atoms with Gasteiger partial charge in [0.05, 0.1) is 14.2 Å². The first kappa shape index (κ1) is 35.2. The first-order chi connectivity index (χ1) is 22.9. The largest absolute Gasteiger partial charge is 0.496 e. The van der Waals surface area contributed by atoms with Gasteiger partial charge in [-0.1, -0.05) is 104 Å². The van der Waals surface area contributed by atoms with E-state index in [9.17, 15) is 0 Å². The molecule has 0 saturated carbocycles. The van der Waals surface area contributed by atoms with E-state index in [1.807, 2.05) is 0 Å². The minimum absolute atomic E-state index is 0. The summed E-state index contributed by atoms with van der Waals surface area (Å²) in [4.78, 5) is 0. The second-order valence-electron chi connectivity index (χ2n) is 13.3. The molecule has 0 aliphatic heterocycles. The maximum atomic E-state index is 5.53. The Morgan fingerprint density at radius 1 is 0.604 bits per heavy atom. The molecule has 4 nitrogen and oxygen atoms in total. The highest BCUT2D eigenvalue weighted by Gasteiger charge is 2.24. The molecule has 0 saturated heterocycles. The summed E-state index contributed by atoms with van der Waals surface area (Å²) < 4.78 is 11.0. The van der Waals surface area contributed by atoms with E-state index in [2.05, 4.69) is 135 Å². The summed E-state index contributed by atoms with van der Waals surface area (Å²) in [7, 11) is 3.53.